The van der Waals surface area contributed by atoms with Crippen molar-refractivity contribution in [3.8, 4) is 0 Å². The number of benzene rings is 2. The van der Waals surface area contributed by atoms with Gasteiger partial charge < -0.3 is 9.52 Å². The first-order valence-corrected chi connectivity index (χ1v) is 6.97. The van der Waals surface area contributed by atoms with Crippen molar-refractivity contribution in [3.05, 3.63) is 69.6 Å². The molecule has 0 saturated carbocycles. The fraction of sp³-hybridized carbons (Fsp3) is 0.125. The van der Waals surface area contributed by atoms with E-state index in [0.717, 1.165) is 10.9 Å². The monoisotopic (exact) mass is 334 g/mol. The standard InChI is InChI=1S/C16H12BrFO2/c1-9-5-6-13-10(7-9)8-14(20-13)16(19)11-3-2-4-12(18)15(11)17/h2-8,16,19H,1H3. The van der Waals surface area contributed by atoms with Gasteiger partial charge in [0.2, 0.25) is 0 Å². The number of hydrogen-bond donors (Lipinski definition) is 1. The Labute approximate surface area is 124 Å². The normalized spacial score (nSPS) is 12.8. The van der Waals surface area contributed by atoms with E-state index < -0.39 is 11.9 Å². The Balaban J connectivity index is 2.08. The first-order chi connectivity index (χ1) is 9.56. The van der Waals surface area contributed by atoms with Crippen molar-refractivity contribution >= 4 is 26.9 Å². The van der Waals surface area contributed by atoms with Crippen molar-refractivity contribution in [3.63, 3.8) is 0 Å². The van der Waals surface area contributed by atoms with Crippen molar-refractivity contribution in [2.24, 2.45) is 0 Å². The van der Waals surface area contributed by atoms with E-state index in [1.54, 1.807) is 18.2 Å². The minimum Gasteiger partial charge on any atom is -0.458 e. The van der Waals surface area contributed by atoms with Crippen molar-refractivity contribution in [1.82, 2.24) is 0 Å². The van der Waals surface area contributed by atoms with Gasteiger partial charge in [-0.2, -0.15) is 0 Å². The second-order valence-corrected chi connectivity index (χ2v) is 5.53. The average Bonchev–Trinajstić information content (AvgIpc) is 2.84. The Hall–Kier alpha value is -1.65. The molecule has 0 saturated heterocycles. The van der Waals surface area contributed by atoms with Gasteiger partial charge in [-0.3, -0.25) is 0 Å². The van der Waals surface area contributed by atoms with E-state index in [9.17, 15) is 9.50 Å². The van der Waals surface area contributed by atoms with Gasteiger partial charge in [-0.25, -0.2) is 4.39 Å². The number of rotatable bonds is 2. The van der Waals surface area contributed by atoms with E-state index in [1.165, 1.54) is 6.07 Å². The lowest BCUT2D eigenvalue weighted by Gasteiger charge is -2.10. The molecule has 0 aliphatic carbocycles. The van der Waals surface area contributed by atoms with Crippen LogP contribution >= 0.6 is 15.9 Å². The summed E-state index contributed by atoms with van der Waals surface area (Å²) in [5.41, 5.74) is 2.27. The van der Waals surface area contributed by atoms with Crippen LogP contribution in [0, 0.1) is 12.7 Å². The lowest BCUT2D eigenvalue weighted by atomic mass is 10.1. The molecule has 1 aromatic heterocycles. The summed E-state index contributed by atoms with van der Waals surface area (Å²) in [5, 5.41) is 11.3. The summed E-state index contributed by atoms with van der Waals surface area (Å²) in [6.07, 6.45) is -1.01. The highest BCUT2D eigenvalue weighted by atomic mass is 79.9. The third-order valence-corrected chi connectivity index (χ3v) is 4.07. The van der Waals surface area contributed by atoms with Gasteiger partial charge in [0.25, 0.3) is 0 Å². The van der Waals surface area contributed by atoms with E-state index >= 15 is 0 Å². The molecule has 20 heavy (non-hydrogen) atoms. The molecule has 1 atom stereocenters. The van der Waals surface area contributed by atoms with Gasteiger partial charge in [-0.1, -0.05) is 23.8 Å². The van der Waals surface area contributed by atoms with Gasteiger partial charge in [-0.05, 0) is 47.1 Å². The Bertz CT molecular complexity index is 779. The molecule has 2 aromatic carbocycles. The van der Waals surface area contributed by atoms with Crippen molar-refractivity contribution in [1.29, 1.82) is 0 Å². The minimum absolute atomic E-state index is 0.254. The average molecular weight is 335 g/mol. The Morgan fingerprint density at radius 1 is 1.20 bits per heavy atom. The topological polar surface area (TPSA) is 33.4 Å². The number of aryl methyl sites for hydroxylation is 1. The summed E-state index contributed by atoms with van der Waals surface area (Å²) in [6.45, 7) is 1.99. The van der Waals surface area contributed by atoms with Crippen molar-refractivity contribution in [2.75, 3.05) is 0 Å². The summed E-state index contributed by atoms with van der Waals surface area (Å²) in [6, 6.07) is 12.1. The maximum atomic E-state index is 13.5. The quantitative estimate of drug-likeness (QED) is 0.735. The molecule has 0 bridgehead atoms. The molecule has 0 spiro atoms. The fourth-order valence-electron chi connectivity index (χ4n) is 2.20. The summed E-state index contributed by atoms with van der Waals surface area (Å²) in [7, 11) is 0. The van der Waals surface area contributed by atoms with E-state index in [4.69, 9.17) is 4.42 Å². The summed E-state index contributed by atoms with van der Waals surface area (Å²) < 4.78 is 19.4. The predicted octanol–water partition coefficient (Wildman–Crippen LogP) is 4.72. The van der Waals surface area contributed by atoms with Gasteiger partial charge >= 0.3 is 0 Å². The highest BCUT2D eigenvalue weighted by molar-refractivity contribution is 9.10. The molecular weight excluding hydrogens is 323 g/mol. The maximum absolute atomic E-state index is 13.5. The van der Waals surface area contributed by atoms with E-state index in [0.29, 0.717) is 16.9 Å². The number of hydrogen-bond acceptors (Lipinski definition) is 2. The first-order valence-electron chi connectivity index (χ1n) is 6.18. The van der Waals surface area contributed by atoms with Crippen LogP contribution in [-0.4, -0.2) is 5.11 Å². The van der Waals surface area contributed by atoms with E-state index in [2.05, 4.69) is 15.9 Å². The highest BCUT2D eigenvalue weighted by Gasteiger charge is 2.19. The zero-order valence-corrected chi connectivity index (χ0v) is 12.3. The maximum Gasteiger partial charge on any atom is 0.138 e. The third-order valence-electron chi connectivity index (χ3n) is 3.24. The van der Waals surface area contributed by atoms with Crippen LogP contribution in [0.5, 0.6) is 0 Å². The smallest absolute Gasteiger partial charge is 0.138 e. The molecule has 3 rings (SSSR count). The lowest BCUT2D eigenvalue weighted by molar-refractivity contribution is 0.191. The number of aliphatic hydroxyl groups is 1. The van der Waals surface area contributed by atoms with Crippen molar-refractivity contribution < 1.29 is 13.9 Å². The van der Waals surface area contributed by atoms with E-state index in [-0.39, 0.29) is 4.47 Å². The zero-order chi connectivity index (χ0) is 14.3. The van der Waals surface area contributed by atoms with Gasteiger partial charge in [-0.15, -0.1) is 0 Å². The molecule has 4 heteroatoms. The molecule has 1 unspecified atom stereocenters. The number of fused-ring (bicyclic) bond motifs is 1. The van der Waals surface area contributed by atoms with Crippen LogP contribution in [-0.2, 0) is 0 Å². The number of furan rings is 1. The largest absolute Gasteiger partial charge is 0.458 e. The van der Waals surface area contributed by atoms with Crippen LogP contribution in [0.2, 0.25) is 0 Å². The minimum atomic E-state index is -1.01. The molecular formula is C16H12BrFO2. The summed E-state index contributed by atoms with van der Waals surface area (Å²) in [5.74, 6) is -0.00888. The van der Waals surface area contributed by atoms with Crippen LogP contribution in [0.4, 0.5) is 4.39 Å². The molecule has 0 aliphatic rings. The third kappa shape index (κ3) is 2.25. The molecule has 0 fully saturated rings. The fourth-order valence-corrected chi connectivity index (χ4v) is 2.68. The molecule has 2 nitrogen and oxygen atoms in total. The molecule has 1 N–H and O–H groups in total. The lowest BCUT2D eigenvalue weighted by Crippen LogP contribution is -2.00. The molecule has 0 aliphatic heterocycles. The molecule has 1 heterocycles. The second kappa shape index (κ2) is 5.04. The van der Waals surface area contributed by atoms with Gasteiger partial charge in [0, 0.05) is 10.9 Å². The number of halogens is 2. The summed E-state index contributed by atoms with van der Waals surface area (Å²) >= 11 is 3.16. The van der Waals surface area contributed by atoms with Crippen LogP contribution in [0.15, 0.2) is 51.4 Å². The highest BCUT2D eigenvalue weighted by Crippen LogP contribution is 2.33. The SMILES string of the molecule is Cc1ccc2oc(C(O)c3cccc(F)c3Br)cc2c1. The number of aliphatic hydroxyl groups excluding tert-OH is 1. The van der Waals surface area contributed by atoms with E-state index in [1.807, 2.05) is 25.1 Å². The van der Waals surface area contributed by atoms with Gasteiger partial charge in [0.05, 0.1) is 4.47 Å². The van der Waals surface area contributed by atoms with Crippen LogP contribution < -0.4 is 0 Å². The molecule has 0 radical (unpaired) electrons. The zero-order valence-electron chi connectivity index (χ0n) is 10.7. The predicted molar refractivity (Wildman–Crippen MR) is 79.1 cm³/mol. The Morgan fingerprint density at radius 3 is 2.80 bits per heavy atom. The second-order valence-electron chi connectivity index (χ2n) is 4.74. The Morgan fingerprint density at radius 2 is 2.00 bits per heavy atom. The summed E-state index contributed by atoms with van der Waals surface area (Å²) in [4.78, 5) is 0. The molecule has 102 valence electrons. The Kier molecular flexibility index (Phi) is 3.36. The van der Waals surface area contributed by atoms with Crippen LogP contribution in [0.3, 0.4) is 0 Å². The molecule has 0 amide bonds. The van der Waals surface area contributed by atoms with Gasteiger partial charge in [0.15, 0.2) is 0 Å². The van der Waals surface area contributed by atoms with Gasteiger partial charge in [0.1, 0.15) is 23.3 Å². The van der Waals surface area contributed by atoms with Crippen LogP contribution in [0.1, 0.15) is 23.0 Å². The van der Waals surface area contributed by atoms with Crippen molar-refractivity contribution in [2.45, 2.75) is 13.0 Å². The van der Waals surface area contributed by atoms with Crippen LogP contribution in [0.25, 0.3) is 11.0 Å². The molecule has 3 aromatic rings. The first kappa shape index (κ1) is 13.3.